The highest BCUT2D eigenvalue weighted by atomic mass is 79.9. The molecule has 12 heavy (non-hydrogen) atoms. The summed E-state index contributed by atoms with van der Waals surface area (Å²) in [6.45, 7) is 2.34. The molecule has 2 rings (SSSR count). The third-order valence-corrected chi connectivity index (χ3v) is 5.41. The van der Waals surface area contributed by atoms with Gasteiger partial charge in [0.1, 0.15) is 0 Å². The molecule has 0 spiro atoms. The van der Waals surface area contributed by atoms with Gasteiger partial charge in [0.25, 0.3) is 0 Å². The van der Waals surface area contributed by atoms with Crippen molar-refractivity contribution in [1.29, 1.82) is 0 Å². The van der Waals surface area contributed by atoms with Crippen molar-refractivity contribution in [1.82, 2.24) is 4.98 Å². The first-order valence-electron chi connectivity index (χ1n) is 3.90. The Morgan fingerprint density at radius 3 is 3.00 bits per heavy atom. The van der Waals surface area contributed by atoms with Crippen molar-refractivity contribution < 1.29 is 0 Å². The van der Waals surface area contributed by atoms with Crippen molar-refractivity contribution >= 4 is 39.0 Å². The lowest BCUT2D eigenvalue weighted by molar-refractivity contribution is 0.551. The van der Waals surface area contributed by atoms with Gasteiger partial charge in [-0.1, -0.05) is 6.92 Å². The van der Waals surface area contributed by atoms with Gasteiger partial charge >= 0.3 is 0 Å². The Kier molecular flexibility index (Phi) is 2.49. The maximum Gasteiger partial charge on any atom is 0.159 e. The molecule has 0 N–H and O–H groups in total. The van der Waals surface area contributed by atoms with E-state index in [4.69, 9.17) is 0 Å². The quantitative estimate of drug-likeness (QED) is 0.772. The minimum Gasteiger partial charge on any atom is -0.237 e. The summed E-state index contributed by atoms with van der Waals surface area (Å²) in [6.07, 6.45) is 3.31. The normalized spacial score (nSPS) is 29.5. The van der Waals surface area contributed by atoms with Crippen LogP contribution >= 0.6 is 39.0 Å². The van der Waals surface area contributed by atoms with Crippen LogP contribution in [0.1, 0.15) is 18.2 Å². The van der Waals surface area contributed by atoms with E-state index in [0.29, 0.717) is 5.41 Å². The molecule has 0 saturated carbocycles. The Morgan fingerprint density at radius 2 is 2.50 bits per heavy atom. The number of nitrogens with zero attached hydrogens (tertiary/aromatic N) is 1. The minimum atomic E-state index is 0.397. The first-order chi connectivity index (χ1) is 5.71. The Labute approximate surface area is 89.1 Å². The molecule has 1 aromatic rings. The van der Waals surface area contributed by atoms with Gasteiger partial charge in [-0.2, -0.15) is 11.8 Å². The number of rotatable bonds is 1. The van der Waals surface area contributed by atoms with E-state index in [1.54, 1.807) is 11.3 Å². The number of halogens is 1. The summed E-state index contributed by atoms with van der Waals surface area (Å²) >= 11 is 7.23. The van der Waals surface area contributed by atoms with E-state index in [1.807, 2.05) is 18.0 Å². The van der Waals surface area contributed by atoms with Crippen LogP contribution in [0.15, 0.2) is 10.1 Å². The zero-order valence-electron chi connectivity index (χ0n) is 6.84. The van der Waals surface area contributed by atoms with Gasteiger partial charge in [0.05, 0.1) is 0 Å². The van der Waals surface area contributed by atoms with Crippen molar-refractivity contribution in [2.75, 3.05) is 11.5 Å². The van der Waals surface area contributed by atoms with Crippen LogP contribution in [0.5, 0.6) is 0 Å². The molecule has 4 heteroatoms. The highest BCUT2D eigenvalue weighted by Crippen LogP contribution is 2.41. The molecule has 1 aromatic heterocycles. The van der Waals surface area contributed by atoms with Gasteiger partial charge in [0.15, 0.2) is 3.92 Å². The predicted molar refractivity (Wildman–Crippen MR) is 59.1 cm³/mol. The highest BCUT2D eigenvalue weighted by molar-refractivity contribution is 9.11. The van der Waals surface area contributed by atoms with Crippen molar-refractivity contribution in [2.24, 2.45) is 0 Å². The molecule has 0 bridgehead atoms. The van der Waals surface area contributed by atoms with E-state index in [1.165, 1.54) is 22.8 Å². The molecule has 1 fully saturated rings. The standard InChI is InChI=1S/C8H10BrNS2/c1-8(2-3-11-5-8)6-4-10-7(9)12-6/h4H,2-3,5H2,1H3. The van der Waals surface area contributed by atoms with Crippen LogP contribution in [0.25, 0.3) is 0 Å². The Hall–Kier alpha value is 0.460. The summed E-state index contributed by atoms with van der Waals surface area (Å²) in [5.41, 5.74) is 0.397. The van der Waals surface area contributed by atoms with Crippen LogP contribution in [0.4, 0.5) is 0 Å². The lowest BCUT2D eigenvalue weighted by Gasteiger charge is -2.19. The second-order valence-corrected chi connectivity index (χ2v) is 6.75. The van der Waals surface area contributed by atoms with E-state index in [9.17, 15) is 0 Å². The summed E-state index contributed by atoms with van der Waals surface area (Å²) in [6, 6.07) is 0. The van der Waals surface area contributed by atoms with Crippen LogP contribution in [0.2, 0.25) is 0 Å². The third-order valence-electron chi connectivity index (χ3n) is 2.29. The minimum absolute atomic E-state index is 0.397. The molecule has 0 radical (unpaired) electrons. The van der Waals surface area contributed by atoms with Crippen molar-refractivity contribution in [3.63, 3.8) is 0 Å². The number of thioether (sulfide) groups is 1. The maximum absolute atomic E-state index is 4.23. The number of hydrogen-bond donors (Lipinski definition) is 0. The second kappa shape index (κ2) is 3.31. The SMILES string of the molecule is CC1(c2cnc(Br)s2)CCSC1. The van der Waals surface area contributed by atoms with Crippen LogP contribution in [-0.2, 0) is 5.41 Å². The molecule has 0 aliphatic carbocycles. The smallest absolute Gasteiger partial charge is 0.159 e. The Balaban J connectivity index is 2.28. The van der Waals surface area contributed by atoms with Gasteiger partial charge in [0.2, 0.25) is 0 Å². The summed E-state index contributed by atoms with van der Waals surface area (Å²) in [5.74, 6) is 2.55. The zero-order chi connectivity index (χ0) is 8.60. The molecule has 0 aromatic carbocycles. The monoisotopic (exact) mass is 263 g/mol. The van der Waals surface area contributed by atoms with Gasteiger partial charge in [-0.25, -0.2) is 4.98 Å². The van der Waals surface area contributed by atoms with Gasteiger partial charge in [0, 0.05) is 22.2 Å². The van der Waals surface area contributed by atoms with E-state index < -0.39 is 0 Å². The zero-order valence-corrected chi connectivity index (χ0v) is 10.1. The summed E-state index contributed by atoms with van der Waals surface area (Å²) in [5, 5.41) is 0. The Bertz CT molecular complexity index is 278. The Morgan fingerprint density at radius 1 is 1.67 bits per heavy atom. The molecule has 0 amide bonds. The lowest BCUT2D eigenvalue weighted by atomic mass is 9.89. The molecular weight excluding hydrogens is 254 g/mol. The third kappa shape index (κ3) is 1.56. The summed E-state index contributed by atoms with van der Waals surface area (Å²) in [7, 11) is 0. The molecule has 1 aliphatic heterocycles. The molecule has 1 nitrogen and oxygen atoms in total. The van der Waals surface area contributed by atoms with Crippen LogP contribution < -0.4 is 0 Å². The number of hydrogen-bond acceptors (Lipinski definition) is 3. The molecule has 1 unspecified atom stereocenters. The van der Waals surface area contributed by atoms with Gasteiger partial charge in [-0.05, 0) is 28.1 Å². The lowest BCUT2D eigenvalue weighted by Crippen LogP contribution is -2.18. The van der Waals surface area contributed by atoms with Crippen LogP contribution in [0, 0.1) is 0 Å². The molecule has 2 heterocycles. The van der Waals surface area contributed by atoms with E-state index in [0.717, 1.165) is 3.92 Å². The first kappa shape index (κ1) is 9.03. The van der Waals surface area contributed by atoms with E-state index >= 15 is 0 Å². The molecule has 1 atom stereocenters. The number of thiazole rings is 1. The summed E-state index contributed by atoms with van der Waals surface area (Å²) < 4.78 is 1.01. The fraction of sp³-hybridized carbons (Fsp3) is 0.625. The van der Waals surface area contributed by atoms with E-state index in [2.05, 4.69) is 27.8 Å². The maximum atomic E-state index is 4.23. The molecule has 1 saturated heterocycles. The van der Waals surface area contributed by atoms with Crippen LogP contribution in [-0.4, -0.2) is 16.5 Å². The summed E-state index contributed by atoms with van der Waals surface area (Å²) in [4.78, 5) is 5.66. The van der Waals surface area contributed by atoms with Gasteiger partial charge in [-0.15, -0.1) is 11.3 Å². The second-order valence-electron chi connectivity index (χ2n) is 3.34. The van der Waals surface area contributed by atoms with E-state index in [-0.39, 0.29) is 0 Å². The van der Waals surface area contributed by atoms with Crippen LogP contribution in [0.3, 0.4) is 0 Å². The average Bonchev–Trinajstić information content (AvgIpc) is 2.59. The highest BCUT2D eigenvalue weighted by Gasteiger charge is 2.32. The fourth-order valence-corrected chi connectivity index (χ4v) is 4.41. The van der Waals surface area contributed by atoms with Crippen molar-refractivity contribution in [3.8, 4) is 0 Å². The molecule has 66 valence electrons. The molecule has 1 aliphatic rings. The molecular formula is C8H10BrNS2. The predicted octanol–water partition coefficient (Wildman–Crippen LogP) is 3.30. The van der Waals surface area contributed by atoms with Gasteiger partial charge < -0.3 is 0 Å². The van der Waals surface area contributed by atoms with Crippen molar-refractivity contribution in [2.45, 2.75) is 18.8 Å². The van der Waals surface area contributed by atoms with Crippen molar-refractivity contribution in [3.05, 3.63) is 15.0 Å². The fourth-order valence-electron chi connectivity index (χ4n) is 1.39. The van der Waals surface area contributed by atoms with Gasteiger partial charge in [-0.3, -0.25) is 0 Å². The average molecular weight is 264 g/mol. The number of aromatic nitrogens is 1. The largest absolute Gasteiger partial charge is 0.237 e. The topological polar surface area (TPSA) is 12.9 Å². The first-order valence-corrected chi connectivity index (χ1v) is 6.67.